The van der Waals surface area contributed by atoms with Crippen LogP contribution in [0.3, 0.4) is 0 Å². The Balaban J connectivity index is 1.87. The fourth-order valence-electron chi connectivity index (χ4n) is 2.72. The lowest BCUT2D eigenvalue weighted by molar-refractivity contribution is -0.147. The number of aliphatic carboxylic acids is 1. The van der Waals surface area contributed by atoms with Crippen LogP contribution in [0.1, 0.15) is 18.4 Å². The third-order valence-corrected chi connectivity index (χ3v) is 3.99. The second kappa shape index (κ2) is 5.41. The molecule has 1 atom stereocenters. The predicted octanol–water partition coefficient (Wildman–Crippen LogP) is 2.19. The minimum atomic E-state index is -0.957. The first-order chi connectivity index (χ1) is 10.1. The molecule has 1 aromatic carbocycles. The molecular weight excluding hydrogens is 294 g/mol. The number of hydrogen-bond acceptors (Lipinski definition) is 3. The van der Waals surface area contributed by atoms with E-state index in [4.69, 9.17) is 21.4 Å². The van der Waals surface area contributed by atoms with Gasteiger partial charge in [-0.1, -0.05) is 11.6 Å². The zero-order valence-corrected chi connectivity index (χ0v) is 12.0. The van der Waals surface area contributed by atoms with Gasteiger partial charge in [0.15, 0.2) is 0 Å². The van der Waals surface area contributed by atoms with Crippen molar-refractivity contribution in [1.82, 2.24) is 4.90 Å². The number of carbonyl (C=O) groups excluding carboxylic acids is 1. The van der Waals surface area contributed by atoms with Crippen molar-refractivity contribution in [3.8, 4) is 5.75 Å². The standard InChI is InChI=1S/C15H14ClNO4/c16-11-3-4-13-9(7-11)6-10(8-21-13)14(18)17-5-1-2-12(17)15(19)20/h3-4,6-7,12H,1-2,5,8H2,(H,19,20)/t12-/m1/s1. The molecule has 0 aliphatic carbocycles. The van der Waals surface area contributed by atoms with Crippen molar-refractivity contribution in [2.24, 2.45) is 0 Å². The van der Waals surface area contributed by atoms with Gasteiger partial charge in [0, 0.05) is 17.1 Å². The van der Waals surface area contributed by atoms with Crippen LogP contribution in [0.5, 0.6) is 5.75 Å². The highest BCUT2D eigenvalue weighted by Crippen LogP contribution is 2.30. The zero-order valence-electron chi connectivity index (χ0n) is 11.2. The molecule has 0 spiro atoms. The topological polar surface area (TPSA) is 66.8 Å². The number of carbonyl (C=O) groups is 2. The first kappa shape index (κ1) is 13.9. The molecule has 0 unspecified atom stereocenters. The van der Waals surface area contributed by atoms with Crippen LogP contribution in [0.4, 0.5) is 0 Å². The quantitative estimate of drug-likeness (QED) is 0.909. The van der Waals surface area contributed by atoms with E-state index in [2.05, 4.69) is 0 Å². The first-order valence-electron chi connectivity index (χ1n) is 6.73. The average molecular weight is 308 g/mol. The number of benzene rings is 1. The Kier molecular flexibility index (Phi) is 3.59. The fourth-order valence-corrected chi connectivity index (χ4v) is 2.90. The molecular formula is C15H14ClNO4. The van der Waals surface area contributed by atoms with Crippen LogP contribution < -0.4 is 4.74 Å². The van der Waals surface area contributed by atoms with Crippen molar-refractivity contribution < 1.29 is 19.4 Å². The van der Waals surface area contributed by atoms with Gasteiger partial charge in [-0.2, -0.15) is 0 Å². The lowest BCUT2D eigenvalue weighted by atomic mass is 10.1. The van der Waals surface area contributed by atoms with Gasteiger partial charge >= 0.3 is 5.97 Å². The summed E-state index contributed by atoms with van der Waals surface area (Å²) in [5, 5.41) is 9.72. The van der Waals surface area contributed by atoms with Gasteiger partial charge in [-0.25, -0.2) is 4.79 Å². The Morgan fingerprint density at radius 3 is 2.95 bits per heavy atom. The summed E-state index contributed by atoms with van der Waals surface area (Å²) in [4.78, 5) is 25.1. The molecule has 1 fully saturated rings. The lowest BCUT2D eigenvalue weighted by Gasteiger charge is -2.25. The molecule has 1 N–H and O–H groups in total. The summed E-state index contributed by atoms with van der Waals surface area (Å²) in [6.45, 7) is 0.617. The van der Waals surface area contributed by atoms with Gasteiger partial charge in [0.25, 0.3) is 5.91 Å². The molecule has 3 rings (SSSR count). The Morgan fingerprint density at radius 2 is 2.19 bits per heavy atom. The van der Waals surface area contributed by atoms with Crippen molar-refractivity contribution in [1.29, 1.82) is 0 Å². The SMILES string of the molecule is O=C(O)[C@H]1CCCN1C(=O)C1=Cc2cc(Cl)ccc2OC1. The Labute approximate surface area is 126 Å². The third kappa shape index (κ3) is 2.61. The van der Waals surface area contributed by atoms with Crippen molar-refractivity contribution in [3.63, 3.8) is 0 Å². The number of amides is 1. The first-order valence-corrected chi connectivity index (χ1v) is 7.11. The maximum atomic E-state index is 12.5. The van der Waals surface area contributed by atoms with E-state index in [1.54, 1.807) is 24.3 Å². The number of halogens is 1. The van der Waals surface area contributed by atoms with Crippen LogP contribution in [-0.2, 0) is 9.59 Å². The summed E-state index contributed by atoms with van der Waals surface area (Å²) in [7, 11) is 0. The lowest BCUT2D eigenvalue weighted by Crippen LogP contribution is -2.42. The van der Waals surface area contributed by atoms with E-state index in [9.17, 15) is 9.59 Å². The van der Waals surface area contributed by atoms with E-state index < -0.39 is 12.0 Å². The van der Waals surface area contributed by atoms with Crippen LogP contribution >= 0.6 is 11.6 Å². The van der Waals surface area contributed by atoms with E-state index in [1.165, 1.54) is 4.90 Å². The number of likely N-dealkylation sites (tertiary alicyclic amines) is 1. The largest absolute Gasteiger partial charge is 0.488 e. The van der Waals surface area contributed by atoms with Gasteiger partial charge in [-0.05, 0) is 37.1 Å². The van der Waals surface area contributed by atoms with E-state index in [0.29, 0.717) is 35.7 Å². The highest BCUT2D eigenvalue weighted by atomic mass is 35.5. The van der Waals surface area contributed by atoms with Crippen LogP contribution in [0.25, 0.3) is 6.08 Å². The summed E-state index contributed by atoms with van der Waals surface area (Å²) in [6.07, 6.45) is 2.93. The second-order valence-corrected chi connectivity index (χ2v) is 5.57. The van der Waals surface area contributed by atoms with Crippen molar-refractivity contribution in [3.05, 3.63) is 34.4 Å². The molecule has 1 aromatic rings. The van der Waals surface area contributed by atoms with Crippen LogP contribution in [0.2, 0.25) is 5.02 Å². The van der Waals surface area contributed by atoms with Crippen molar-refractivity contribution >= 4 is 29.6 Å². The van der Waals surface area contributed by atoms with E-state index in [1.807, 2.05) is 0 Å². The number of carboxylic acid groups (broad SMARTS) is 1. The number of carboxylic acids is 1. The smallest absolute Gasteiger partial charge is 0.326 e. The van der Waals surface area contributed by atoms with Gasteiger partial charge in [-0.3, -0.25) is 4.79 Å². The van der Waals surface area contributed by atoms with E-state index in [0.717, 1.165) is 5.56 Å². The van der Waals surface area contributed by atoms with Crippen LogP contribution in [0, 0.1) is 0 Å². The normalized spacial score (nSPS) is 20.5. The van der Waals surface area contributed by atoms with Crippen molar-refractivity contribution in [2.45, 2.75) is 18.9 Å². The maximum absolute atomic E-state index is 12.5. The summed E-state index contributed by atoms with van der Waals surface area (Å²) >= 11 is 5.94. The monoisotopic (exact) mass is 307 g/mol. The minimum absolute atomic E-state index is 0.149. The van der Waals surface area contributed by atoms with E-state index >= 15 is 0 Å². The summed E-state index contributed by atoms with van der Waals surface area (Å²) in [5.41, 5.74) is 1.20. The highest BCUT2D eigenvalue weighted by molar-refractivity contribution is 6.30. The summed E-state index contributed by atoms with van der Waals surface area (Å²) < 4.78 is 5.55. The fraction of sp³-hybridized carbons (Fsp3) is 0.333. The second-order valence-electron chi connectivity index (χ2n) is 5.14. The maximum Gasteiger partial charge on any atom is 0.326 e. The molecule has 0 bridgehead atoms. The summed E-state index contributed by atoms with van der Waals surface area (Å²) in [6, 6.07) is 4.47. The Bertz CT molecular complexity index is 641. The van der Waals surface area contributed by atoms with Gasteiger partial charge in [0.05, 0.1) is 5.57 Å². The molecule has 1 saturated heterocycles. The Hall–Kier alpha value is -2.01. The molecule has 0 radical (unpaired) electrons. The molecule has 0 aromatic heterocycles. The molecule has 2 heterocycles. The number of rotatable bonds is 2. The van der Waals surface area contributed by atoms with E-state index in [-0.39, 0.29) is 12.5 Å². The average Bonchev–Trinajstić information content (AvgIpc) is 2.95. The molecule has 21 heavy (non-hydrogen) atoms. The number of hydrogen-bond donors (Lipinski definition) is 1. The van der Waals surface area contributed by atoms with Gasteiger partial charge in [-0.15, -0.1) is 0 Å². The predicted molar refractivity (Wildman–Crippen MR) is 77.3 cm³/mol. The third-order valence-electron chi connectivity index (χ3n) is 3.76. The molecule has 1 amide bonds. The number of fused-ring (bicyclic) bond motifs is 1. The van der Waals surface area contributed by atoms with Gasteiger partial charge in [0.2, 0.25) is 0 Å². The van der Waals surface area contributed by atoms with Crippen molar-refractivity contribution in [2.75, 3.05) is 13.2 Å². The Morgan fingerprint density at radius 1 is 1.38 bits per heavy atom. The highest BCUT2D eigenvalue weighted by Gasteiger charge is 2.35. The van der Waals surface area contributed by atoms with Gasteiger partial charge < -0.3 is 14.7 Å². The van der Waals surface area contributed by atoms with Crippen LogP contribution in [-0.4, -0.2) is 41.1 Å². The number of nitrogens with zero attached hydrogens (tertiary/aromatic N) is 1. The summed E-state index contributed by atoms with van der Waals surface area (Å²) in [5.74, 6) is -0.556. The molecule has 2 aliphatic heterocycles. The van der Waals surface area contributed by atoms with Gasteiger partial charge in [0.1, 0.15) is 18.4 Å². The molecule has 5 nitrogen and oxygen atoms in total. The molecule has 0 saturated carbocycles. The number of ether oxygens (including phenoxy) is 1. The molecule has 2 aliphatic rings. The molecule has 6 heteroatoms. The van der Waals surface area contributed by atoms with Crippen LogP contribution in [0.15, 0.2) is 23.8 Å². The zero-order chi connectivity index (χ0) is 15.0. The molecule has 110 valence electrons. The minimum Gasteiger partial charge on any atom is -0.488 e.